The van der Waals surface area contributed by atoms with Crippen LogP contribution >= 0.6 is 15.9 Å². The summed E-state index contributed by atoms with van der Waals surface area (Å²) in [4.78, 5) is 0. The lowest BCUT2D eigenvalue weighted by Gasteiger charge is -2.22. The number of benzene rings is 1. The van der Waals surface area contributed by atoms with Gasteiger partial charge >= 0.3 is 0 Å². The molecule has 5 heteroatoms. The van der Waals surface area contributed by atoms with E-state index in [1.807, 2.05) is 0 Å². The molecule has 2 heterocycles. The highest BCUT2D eigenvalue weighted by molar-refractivity contribution is 9.10. The Bertz CT molecular complexity index is 610. The lowest BCUT2D eigenvalue weighted by Crippen LogP contribution is -2.23. The van der Waals surface area contributed by atoms with E-state index in [2.05, 4.69) is 40.2 Å². The summed E-state index contributed by atoms with van der Waals surface area (Å²) in [5.41, 5.74) is 2.38. The summed E-state index contributed by atoms with van der Waals surface area (Å²) >= 11 is 3.61. The molecule has 0 bridgehead atoms. The molecule has 4 rings (SSSR count). The third-order valence-corrected chi connectivity index (χ3v) is 5.28. The molecule has 130 valence electrons. The number of halogens is 1. The minimum atomic E-state index is -0.0491. The molecule has 0 amide bonds. The predicted molar refractivity (Wildman–Crippen MR) is 94.3 cm³/mol. The second kappa shape index (κ2) is 7.56. The summed E-state index contributed by atoms with van der Waals surface area (Å²) in [6.45, 7) is 2.48. The third-order valence-electron chi connectivity index (χ3n) is 4.83. The van der Waals surface area contributed by atoms with Gasteiger partial charge in [-0.2, -0.15) is 0 Å². The van der Waals surface area contributed by atoms with Crippen LogP contribution < -0.4 is 4.74 Å². The molecule has 4 nitrogen and oxygen atoms in total. The maximum atomic E-state index is 6.15. The van der Waals surface area contributed by atoms with Gasteiger partial charge in [-0.1, -0.05) is 28.1 Å². The molecule has 1 aromatic carbocycles. The molecule has 0 spiro atoms. The Balaban J connectivity index is 1.30. The van der Waals surface area contributed by atoms with Crippen molar-refractivity contribution >= 4 is 15.9 Å². The first kappa shape index (κ1) is 16.6. The van der Waals surface area contributed by atoms with Crippen molar-refractivity contribution in [3.63, 3.8) is 0 Å². The standard InChI is InChI=1S/C19H23BrO4/c20-14-10-13(12-21-8-9-23-18-6-1-2-7-22-18)19-16(11-14)15-4-3-5-17(15)24-19/h3-4,10-11,15,17-18H,1-2,5-9,12H2/t15-,17-,18?/m1/s1. The average Bonchev–Trinajstić information content (AvgIpc) is 3.17. The van der Waals surface area contributed by atoms with Gasteiger partial charge in [0, 0.05) is 34.5 Å². The second-order valence-electron chi connectivity index (χ2n) is 6.55. The summed E-state index contributed by atoms with van der Waals surface area (Å²) in [7, 11) is 0. The Morgan fingerprint density at radius 2 is 2.17 bits per heavy atom. The van der Waals surface area contributed by atoms with E-state index >= 15 is 0 Å². The summed E-state index contributed by atoms with van der Waals surface area (Å²) < 4.78 is 24.3. The van der Waals surface area contributed by atoms with Crippen LogP contribution in [0.3, 0.4) is 0 Å². The van der Waals surface area contributed by atoms with Crippen molar-refractivity contribution in [3.8, 4) is 5.75 Å². The Morgan fingerprint density at radius 3 is 3.04 bits per heavy atom. The first-order valence-corrected chi connectivity index (χ1v) is 9.57. The molecule has 1 fully saturated rings. The maximum absolute atomic E-state index is 6.15. The smallest absolute Gasteiger partial charge is 0.157 e. The normalized spacial score (nSPS) is 27.8. The van der Waals surface area contributed by atoms with E-state index in [0.717, 1.165) is 41.7 Å². The monoisotopic (exact) mass is 394 g/mol. The molecule has 0 N–H and O–H groups in total. The van der Waals surface area contributed by atoms with E-state index in [-0.39, 0.29) is 12.4 Å². The lowest BCUT2D eigenvalue weighted by molar-refractivity contribution is -0.169. The fourth-order valence-corrected chi connectivity index (χ4v) is 4.16. The average molecular weight is 395 g/mol. The van der Waals surface area contributed by atoms with Crippen LogP contribution in [-0.4, -0.2) is 32.2 Å². The molecular formula is C19H23BrO4. The Morgan fingerprint density at radius 1 is 1.21 bits per heavy atom. The van der Waals surface area contributed by atoms with Crippen molar-refractivity contribution in [2.45, 2.75) is 50.6 Å². The molecule has 3 atom stereocenters. The number of hydrogen-bond acceptors (Lipinski definition) is 4. The topological polar surface area (TPSA) is 36.9 Å². The Hall–Kier alpha value is -0.880. The zero-order valence-corrected chi connectivity index (χ0v) is 15.3. The van der Waals surface area contributed by atoms with Crippen LogP contribution in [0.2, 0.25) is 0 Å². The number of ether oxygens (including phenoxy) is 4. The van der Waals surface area contributed by atoms with Gasteiger partial charge in [0.1, 0.15) is 11.9 Å². The van der Waals surface area contributed by atoms with Crippen molar-refractivity contribution in [1.82, 2.24) is 0 Å². The number of hydrogen-bond donors (Lipinski definition) is 0. The van der Waals surface area contributed by atoms with Gasteiger partial charge in [0.2, 0.25) is 0 Å². The van der Waals surface area contributed by atoms with Gasteiger partial charge in [-0.15, -0.1) is 0 Å². The van der Waals surface area contributed by atoms with Crippen LogP contribution in [0.25, 0.3) is 0 Å². The summed E-state index contributed by atoms with van der Waals surface area (Å²) in [5, 5.41) is 0. The molecule has 1 saturated heterocycles. The van der Waals surface area contributed by atoms with Crippen LogP contribution in [0, 0.1) is 0 Å². The van der Waals surface area contributed by atoms with Crippen LogP contribution in [0.5, 0.6) is 5.75 Å². The SMILES string of the molecule is Brc1cc(COCCOC2CCCCO2)c2c(c1)[C@H]1C=CC[C@H]1O2. The van der Waals surface area contributed by atoms with Crippen molar-refractivity contribution < 1.29 is 18.9 Å². The van der Waals surface area contributed by atoms with Crippen molar-refractivity contribution in [2.75, 3.05) is 19.8 Å². The second-order valence-corrected chi connectivity index (χ2v) is 7.46. The highest BCUT2D eigenvalue weighted by Crippen LogP contribution is 2.46. The van der Waals surface area contributed by atoms with Crippen molar-refractivity contribution in [2.24, 2.45) is 0 Å². The van der Waals surface area contributed by atoms with Crippen molar-refractivity contribution in [1.29, 1.82) is 0 Å². The van der Waals surface area contributed by atoms with E-state index in [4.69, 9.17) is 18.9 Å². The lowest BCUT2D eigenvalue weighted by atomic mass is 9.97. The van der Waals surface area contributed by atoms with Crippen LogP contribution in [0.15, 0.2) is 28.8 Å². The summed E-state index contributed by atoms with van der Waals surface area (Å²) in [5.74, 6) is 1.40. The molecule has 24 heavy (non-hydrogen) atoms. The highest BCUT2D eigenvalue weighted by Gasteiger charge is 2.36. The highest BCUT2D eigenvalue weighted by atomic mass is 79.9. The zero-order chi connectivity index (χ0) is 16.4. The Labute approximate surface area is 151 Å². The minimum absolute atomic E-state index is 0.0491. The van der Waals surface area contributed by atoms with Gasteiger partial charge < -0.3 is 18.9 Å². The molecule has 2 aliphatic heterocycles. The molecule has 3 aliphatic rings. The largest absolute Gasteiger partial charge is 0.488 e. The minimum Gasteiger partial charge on any atom is -0.488 e. The van der Waals surface area contributed by atoms with E-state index in [1.54, 1.807) is 0 Å². The third kappa shape index (κ3) is 3.54. The molecule has 0 radical (unpaired) electrons. The maximum Gasteiger partial charge on any atom is 0.157 e. The molecule has 0 aromatic heterocycles. The zero-order valence-electron chi connectivity index (χ0n) is 13.7. The van der Waals surface area contributed by atoms with Crippen LogP contribution in [0.1, 0.15) is 42.7 Å². The van der Waals surface area contributed by atoms with Crippen LogP contribution in [0.4, 0.5) is 0 Å². The molecular weight excluding hydrogens is 372 g/mol. The van der Waals surface area contributed by atoms with Gasteiger partial charge in [0.15, 0.2) is 6.29 Å². The fraction of sp³-hybridized carbons (Fsp3) is 0.579. The molecule has 0 saturated carbocycles. The fourth-order valence-electron chi connectivity index (χ4n) is 3.64. The van der Waals surface area contributed by atoms with Gasteiger partial charge in [0.05, 0.1) is 19.8 Å². The number of fused-ring (bicyclic) bond motifs is 3. The molecule has 1 aromatic rings. The predicted octanol–water partition coefficient (Wildman–Crippen LogP) is 4.31. The summed E-state index contributed by atoms with van der Waals surface area (Å²) in [6.07, 6.45) is 8.99. The summed E-state index contributed by atoms with van der Waals surface area (Å²) in [6, 6.07) is 4.26. The van der Waals surface area contributed by atoms with Gasteiger partial charge in [-0.25, -0.2) is 0 Å². The number of rotatable bonds is 6. The molecule has 1 unspecified atom stereocenters. The van der Waals surface area contributed by atoms with Crippen molar-refractivity contribution in [3.05, 3.63) is 39.9 Å². The van der Waals surface area contributed by atoms with Gasteiger partial charge in [-0.3, -0.25) is 0 Å². The molecule has 1 aliphatic carbocycles. The van der Waals surface area contributed by atoms with E-state index < -0.39 is 0 Å². The van der Waals surface area contributed by atoms with E-state index in [1.165, 1.54) is 12.0 Å². The first-order valence-electron chi connectivity index (χ1n) is 8.78. The van der Waals surface area contributed by atoms with E-state index in [9.17, 15) is 0 Å². The van der Waals surface area contributed by atoms with Crippen LogP contribution in [-0.2, 0) is 20.8 Å². The Kier molecular flexibility index (Phi) is 5.22. The van der Waals surface area contributed by atoms with Gasteiger partial charge in [0.25, 0.3) is 0 Å². The quantitative estimate of drug-likeness (QED) is 0.531. The van der Waals surface area contributed by atoms with Gasteiger partial charge in [-0.05, 0) is 31.4 Å². The first-order chi connectivity index (χ1) is 11.8. The van der Waals surface area contributed by atoms with E-state index in [0.29, 0.717) is 25.7 Å².